The smallest absolute Gasteiger partial charge is 0.184 e. The largest absolute Gasteiger partial charge is 0.486 e. The molecular weight excluding hydrogens is 427 g/mol. The molecule has 4 rings (SSSR count). The van der Waals surface area contributed by atoms with Crippen LogP contribution in [0.4, 0.5) is 5.69 Å². The van der Waals surface area contributed by atoms with Crippen LogP contribution >= 0.6 is 35.0 Å². The molecule has 0 saturated carbocycles. The van der Waals surface area contributed by atoms with E-state index in [1.54, 1.807) is 11.8 Å². The summed E-state index contributed by atoms with van der Waals surface area (Å²) in [7, 11) is 0. The monoisotopic (exact) mass is 452 g/mol. The lowest BCUT2D eigenvalue weighted by atomic mass is 10.2. The number of fused-ring (bicyclic) bond motifs is 1. The highest BCUT2D eigenvalue weighted by Crippen LogP contribution is 2.39. The molecule has 2 aliphatic rings. The molecule has 29 heavy (non-hydrogen) atoms. The second-order valence-corrected chi connectivity index (χ2v) is 9.24. The molecule has 2 aromatic carbocycles. The summed E-state index contributed by atoms with van der Waals surface area (Å²) in [5.41, 5.74) is 1.16. The third-order valence-electron chi connectivity index (χ3n) is 5.28. The molecule has 0 amide bonds. The molecule has 7 heteroatoms. The quantitative estimate of drug-likeness (QED) is 0.410. The van der Waals surface area contributed by atoms with Gasteiger partial charge in [-0.25, -0.2) is 0 Å². The number of anilines is 1. The Hall–Kier alpha value is -1.27. The van der Waals surface area contributed by atoms with E-state index in [0.29, 0.717) is 13.2 Å². The molecule has 4 nitrogen and oxygen atoms in total. The molecule has 0 aliphatic carbocycles. The third kappa shape index (κ3) is 5.46. The molecule has 0 aromatic heterocycles. The standard InChI is InChI=1S/C22H26Cl2N2O2S/c23-17-6-7-18(24)21(16-17)29-15-2-1-8-25-9-11-26(12-10-25)19-4-3-5-20-22(19)28-14-13-27-20/h3-7,16H,1-2,8-15H2. The predicted octanol–water partition coefficient (Wildman–Crippen LogP) is 5.46. The zero-order chi connectivity index (χ0) is 20.1. The molecule has 1 saturated heterocycles. The summed E-state index contributed by atoms with van der Waals surface area (Å²) in [6.45, 7) is 6.60. The normalized spacial score (nSPS) is 16.8. The molecule has 2 aromatic rings. The van der Waals surface area contributed by atoms with Crippen molar-refractivity contribution in [2.45, 2.75) is 17.7 Å². The Kier molecular flexibility index (Phi) is 7.35. The summed E-state index contributed by atoms with van der Waals surface area (Å²) < 4.78 is 11.6. The average Bonchev–Trinajstić information content (AvgIpc) is 2.76. The van der Waals surface area contributed by atoms with Crippen LogP contribution in [0.3, 0.4) is 0 Å². The summed E-state index contributed by atoms with van der Waals surface area (Å²) in [6, 6.07) is 11.8. The molecule has 1 fully saturated rings. The van der Waals surface area contributed by atoms with Gasteiger partial charge in [0.2, 0.25) is 0 Å². The number of ether oxygens (including phenoxy) is 2. The van der Waals surface area contributed by atoms with Crippen molar-refractivity contribution in [2.24, 2.45) is 0 Å². The van der Waals surface area contributed by atoms with Crippen LogP contribution in [0.25, 0.3) is 0 Å². The van der Waals surface area contributed by atoms with E-state index < -0.39 is 0 Å². The average molecular weight is 453 g/mol. The number of benzene rings is 2. The Morgan fingerprint density at radius 3 is 2.62 bits per heavy atom. The van der Waals surface area contributed by atoms with Crippen LogP contribution in [0.15, 0.2) is 41.3 Å². The highest BCUT2D eigenvalue weighted by atomic mass is 35.5. The van der Waals surface area contributed by atoms with Gasteiger partial charge in [0.15, 0.2) is 11.5 Å². The number of unbranched alkanes of at least 4 members (excludes halogenated alkanes) is 1. The van der Waals surface area contributed by atoms with E-state index in [1.807, 2.05) is 24.3 Å². The van der Waals surface area contributed by atoms with E-state index in [2.05, 4.69) is 21.9 Å². The molecule has 2 heterocycles. The van der Waals surface area contributed by atoms with E-state index in [0.717, 1.165) is 70.6 Å². The van der Waals surface area contributed by atoms with Crippen LogP contribution in [-0.4, -0.2) is 56.6 Å². The summed E-state index contributed by atoms with van der Waals surface area (Å²) in [4.78, 5) is 6.05. The van der Waals surface area contributed by atoms with Crippen LogP contribution in [0, 0.1) is 0 Å². The van der Waals surface area contributed by atoms with Crippen molar-refractivity contribution in [3.63, 3.8) is 0 Å². The fourth-order valence-corrected chi connectivity index (χ4v) is 5.23. The predicted molar refractivity (Wildman–Crippen MR) is 123 cm³/mol. The minimum atomic E-state index is 0.627. The third-order valence-corrected chi connectivity index (χ3v) is 7.10. The van der Waals surface area contributed by atoms with Gasteiger partial charge < -0.3 is 14.4 Å². The number of thioether (sulfide) groups is 1. The van der Waals surface area contributed by atoms with Crippen LogP contribution in [0.5, 0.6) is 11.5 Å². The van der Waals surface area contributed by atoms with Gasteiger partial charge in [0, 0.05) is 36.1 Å². The Morgan fingerprint density at radius 2 is 1.76 bits per heavy atom. The maximum atomic E-state index is 6.23. The van der Waals surface area contributed by atoms with E-state index in [4.69, 9.17) is 32.7 Å². The second-order valence-electron chi connectivity index (χ2n) is 7.26. The lowest BCUT2D eigenvalue weighted by Gasteiger charge is -2.37. The van der Waals surface area contributed by atoms with Gasteiger partial charge in [-0.1, -0.05) is 29.3 Å². The van der Waals surface area contributed by atoms with Crippen LogP contribution < -0.4 is 14.4 Å². The number of piperazine rings is 1. The van der Waals surface area contributed by atoms with Gasteiger partial charge in [-0.15, -0.1) is 11.8 Å². The van der Waals surface area contributed by atoms with E-state index in [9.17, 15) is 0 Å². The number of rotatable bonds is 7. The van der Waals surface area contributed by atoms with Gasteiger partial charge in [-0.05, 0) is 55.5 Å². The first-order valence-electron chi connectivity index (χ1n) is 10.1. The van der Waals surface area contributed by atoms with Crippen LogP contribution in [-0.2, 0) is 0 Å². The lowest BCUT2D eigenvalue weighted by Crippen LogP contribution is -2.46. The Bertz CT molecular complexity index is 828. The molecule has 0 atom stereocenters. The second kappa shape index (κ2) is 10.2. The molecule has 156 valence electrons. The topological polar surface area (TPSA) is 24.9 Å². The van der Waals surface area contributed by atoms with Crippen molar-refractivity contribution in [1.29, 1.82) is 0 Å². The lowest BCUT2D eigenvalue weighted by molar-refractivity contribution is 0.171. The van der Waals surface area contributed by atoms with Gasteiger partial charge in [0.1, 0.15) is 13.2 Å². The fourth-order valence-electron chi connectivity index (χ4n) is 3.73. The van der Waals surface area contributed by atoms with Crippen molar-refractivity contribution in [2.75, 3.05) is 56.6 Å². The van der Waals surface area contributed by atoms with Gasteiger partial charge >= 0.3 is 0 Å². The minimum Gasteiger partial charge on any atom is -0.486 e. The Morgan fingerprint density at radius 1 is 0.931 bits per heavy atom. The molecular formula is C22H26Cl2N2O2S. The van der Waals surface area contributed by atoms with Crippen molar-refractivity contribution in [3.05, 3.63) is 46.4 Å². The van der Waals surface area contributed by atoms with Crippen LogP contribution in [0.1, 0.15) is 12.8 Å². The number of halogens is 2. The Labute approximate surface area is 187 Å². The molecule has 0 spiro atoms. The highest BCUT2D eigenvalue weighted by Gasteiger charge is 2.23. The Balaban J connectivity index is 1.19. The van der Waals surface area contributed by atoms with Gasteiger partial charge in [-0.2, -0.15) is 0 Å². The first-order valence-corrected chi connectivity index (χ1v) is 11.9. The SMILES string of the molecule is Clc1ccc(Cl)c(SCCCCN2CCN(c3cccc4c3OCCO4)CC2)c1. The molecule has 0 unspecified atom stereocenters. The summed E-state index contributed by atoms with van der Waals surface area (Å²) in [5, 5.41) is 1.53. The van der Waals surface area contributed by atoms with Crippen molar-refractivity contribution in [3.8, 4) is 11.5 Å². The van der Waals surface area contributed by atoms with Crippen LogP contribution in [0.2, 0.25) is 10.0 Å². The molecule has 0 bridgehead atoms. The van der Waals surface area contributed by atoms with E-state index >= 15 is 0 Å². The van der Waals surface area contributed by atoms with Crippen molar-refractivity contribution in [1.82, 2.24) is 4.90 Å². The molecule has 0 radical (unpaired) electrons. The first-order chi connectivity index (χ1) is 14.2. The summed E-state index contributed by atoms with van der Waals surface area (Å²) in [6.07, 6.45) is 2.37. The van der Waals surface area contributed by atoms with Gasteiger partial charge in [-0.3, -0.25) is 4.90 Å². The van der Waals surface area contributed by atoms with Crippen molar-refractivity contribution >= 4 is 40.7 Å². The zero-order valence-corrected chi connectivity index (χ0v) is 18.7. The molecule has 0 N–H and O–H groups in total. The van der Waals surface area contributed by atoms with Crippen molar-refractivity contribution < 1.29 is 9.47 Å². The van der Waals surface area contributed by atoms with E-state index in [-0.39, 0.29) is 0 Å². The highest BCUT2D eigenvalue weighted by molar-refractivity contribution is 7.99. The maximum absolute atomic E-state index is 6.23. The number of hydrogen-bond acceptors (Lipinski definition) is 5. The zero-order valence-electron chi connectivity index (χ0n) is 16.4. The summed E-state index contributed by atoms with van der Waals surface area (Å²) in [5.74, 6) is 2.84. The van der Waals surface area contributed by atoms with Gasteiger partial charge in [0.25, 0.3) is 0 Å². The number of para-hydroxylation sites is 1. The minimum absolute atomic E-state index is 0.627. The number of hydrogen-bond donors (Lipinski definition) is 0. The number of nitrogens with zero attached hydrogens (tertiary/aromatic N) is 2. The summed E-state index contributed by atoms with van der Waals surface area (Å²) >= 11 is 14.1. The van der Waals surface area contributed by atoms with Gasteiger partial charge in [0.05, 0.1) is 10.7 Å². The fraction of sp³-hybridized carbons (Fsp3) is 0.455. The first kappa shape index (κ1) is 21.0. The molecule has 2 aliphatic heterocycles. The maximum Gasteiger partial charge on any atom is 0.184 e. The van der Waals surface area contributed by atoms with E-state index in [1.165, 1.54) is 12.8 Å².